The largest absolute Gasteiger partial charge is 0 e. The summed E-state index contributed by atoms with van der Waals surface area (Å²) in [6, 6.07) is 0. The van der Waals surface area contributed by atoms with Crippen molar-refractivity contribution in [2.75, 3.05) is 0 Å². The van der Waals surface area contributed by atoms with Crippen molar-refractivity contribution in [2.24, 2.45) is 0 Å². The van der Waals surface area contributed by atoms with Crippen LogP contribution in [-0.2, 0) is 49.7 Å². The molecule has 0 saturated carbocycles. The van der Waals surface area contributed by atoms with Gasteiger partial charge in [0.25, 0.3) is 0 Å². The molecule has 0 saturated heterocycles. The number of hydrogen-bond acceptors (Lipinski definition) is 0. The average Bonchev–Trinajstić information content (AvgIpc) is 0. The average molecular weight is 638 g/mol. The van der Waals surface area contributed by atoms with Crippen molar-refractivity contribution in [2.45, 2.75) is 0 Å². The van der Waals surface area contributed by atoms with E-state index in [0.717, 1.165) is 0 Å². The summed E-state index contributed by atoms with van der Waals surface area (Å²) in [4.78, 5) is 0. The summed E-state index contributed by atoms with van der Waals surface area (Å²) in [6.45, 7) is 0. The minimum atomic E-state index is 0. The zero-order valence-electron chi connectivity index (χ0n) is 1.59. The molecule has 0 aromatic carbocycles. The zero-order valence-corrected chi connectivity index (χ0v) is 11.6. The Morgan fingerprint density at radius 2 is 1.00 bits per heavy atom. The Morgan fingerprint density at radius 3 is 1.00 bits per heavy atom. The van der Waals surface area contributed by atoms with Crippen LogP contribution >= 0.6 is 0 Å². The molecule has 0 aliphatic rings. The molecule has 0 fully saturated rings. The fraction of sp³-hybridized carbons (Fsp3) is 0. The predicted octanol–water partition coefficient (Wildman–Crippen LogP) is -4.32. The van der Waals surface area contributed by atoms with Crippen molar-refractivity contribution in [3.05, 3.63) is 0 Å². The number of hydrogen-bond donors (Lipinski definition) is 0. The van der Waals surface area contributed by atoms with E-state index in [1.165, 1.54) is 0 Å². The van der Waals surface area contributed by atoms with Crippen LogP contribution in [0.1, 0.15) is 0 Å². The van der Waals surface area contributed by atoms with Gasteiger partial charge < -0.3 is 0 Å². The summed E-state index contributed by atoms with van der Waals surface area (Å²) < 4.78 is 0. The number of rotatable bonds is 0. The van der Waals surface area contributed by atoms with Gasteiger partial charge in [0.15, 0.2) is 0 Å². The molecular formula is H9AgCdGaGeKNaTl. The van der Waals surface area contributed by atoms with E-state index in [-0.39, 0.29) is 195 Å². The van der Waals surface area contributed by atoms with Crippen molar-refractivity contribution >= 4 is 146 Å². The Bertz CT molecular complexity index is 19.7. The Kier molecular flexibility index (Phi) is 283. The molecule has 0 spiro atoms. The molecule has 0 atom stereocenters. The van der Waals surface area contributed by atoms with Gasteiger partial charge in [-0.2, -0.15) is 0 Å². The molecule has 0 aliphatic carbocycles. The fourth-order valence-corrected chi connectivity index (χ4v) is 0. The van der Waals surface area contributed by atoms with Crippen LogP contribution in [0.5, 0.6) is 0 Å². The first kappa shape index (κ1) is 50.3. The summed E-state index contributed by atoms with van der Waals surface area (Å²) in [6.07, 6.45) is 0. The van der Waals surface area contributed by atoms with Crippen LogP contribution in [0.3, 0.4) is 0 Å². The summed E-state index contributed by atoms with van der Waals surface area (Å²) in [7, 11) is 0. The first-order valence-electron chi connectivity index (χ1n) is 0. The standard InChI is InChI=1S/Ag.Cd.Ga.GeH4.K.Na.Tl.5H/h;;;1H4;;;;;;;;. The molecule has 0 aliphatic heterocycles. The second kappa shape index (κ2) is 39.3. The summed E-state index contributed by atoms with van der Waals surface area (Å²) in [5.74, 6) is 0. The van der Waals surface area contributed by atoms with Crippen LogP contribution in [0.25, 0.3) is 0 Å². The van der Waals surface area contributed by atoms with E-state index in [1.807, 2.05) is 0 Å². The van der Waals surface area contributed by atoms with Gasteiger partial charge in [0, 0.05) is 77.0 Å². The fourth-order valence-electron chi connectivity index (χ4n) is 0. The van der Waals surface area contributed by atoms with Gasteiger partial charge in [-0.1, -0.05) is 0 Å². The monoisotopic (exact) mass is 640 g/mol. The van der Waals surface area contributed by atoms with E-state index >= 15 is 0 Å². The van der Waals surface area contributed by atoms with Crippen LogP contribution in [-0.4, -0.2) is 146 Å². The zero-order chi connectivity index (χ0) is 0. The third kappa shape index (κ3) is 32.7. The van der Waals surface area contributed by atoms with Gasteiger partial charge in [0.1, 0.15) is 0 Å². The second-order valence-corrected chi connectivity index (χ2v) is 0. The molecule has 7 heavy (non-hydrogen) atoms. The molecule has 0 bridgehead atoms. The van der Waals surface area contributed by atoms with Gasteiger partial charge in [-0.15, -0.1) is 0 Å². The molecule has 0 N–H and O–H groups in total. The van der Waals surface area contributed by atoms with Crippen molar-refractivity contribution < 1.29 is 49.7 Å². The first-order chi connectivity index (χ1) is 0. The van der Waals surface area contributed by atoms with Crippen molar-refractivity contribution in [3.8, 4) is 0 Å². The molecule has 0 aromatic rings. The predicted molar refractivity (Wildman–Crippen MR) is 41.3 cm³/mol. The van der Waals surface area contributed by atoms with Gasteiger partial charge in [-0.25, -0.2) is 0 Å². The molecule has 0 aromatic heterocycles. The molecular weight excluding hydrogens is 629 g/mol. The van der Waals surface area contributed by atoms with Crippen LogP contribution in [0, 0.1) is 0 Å². The maximum Gasteiger partial charge on any atom is 0 e. The minimum absolute atomic E-state index is 0. The second-order valence-electron chi connectivity index (χ2n) is 0. The topological polar surface area (TPSA) is 0 Å². The van der Waals surface area contributed by atoms with Gasteiger partial charge in [0.05, 0.1) is 0 Å². The van der Waals surface area contributed by atoms with Crippen molar-refractivity contribution in [3.63, 3.8) is 0 Å². The molecule has 0 nitrogen and oxygen atoms in total. The minimum Gasteiger partial charge on any atom is 0 e. The van der Waals surface area contributed by atoms with Crippen LogP contribution in [0.15, 0.2) is 0 Å². The normalized spacial score (nSPS) is 0. The van der Waals surface area contributed by atoms with Crippen LogP contribution in [0.2, 0.25) is 0 Å². The SMILES string of the molecule is [Ag].[Cd].[GaH3].[GeH4].[KH].[NaH].[Tl]. The van der Waals surface area contributed by atoms with Crippen LogP contribution < -0.4 is 0 Å². The van der Waals surface area contributed by atoms with E-state index in [0.29, 0.717) is 0 Å². The van der Waals surface area contributed by atoms with E-state index < -0.39 is 0 Å². The third-order valence-electron chi connectivity index (χ3n) is 0. The van der Waals surface area contributed by atoms with Gasteiger partial charge in [0.2, 0.25) is 0 Å². The molecule has 0 heterocycles. The maximum absolute atomic E-state index is 0. The summed E-state index contributed by atoms with van der Waals surface area (Å²) >= 11 is 0. The van der Waals surface area contributed by atoms with Gasteiger partial charge >= 0.3 is 118 Å². The van der Waals surface area contributed by atoms with E-state index in [1.54, 1.807) is 0 Å². The molecule has 0 amide bonds. The Morgan fingerprint density at radius 1 is 1.00 bits per heavy atom. The first-order valence-corrected chi connectivity index (χ1v) is 0. The van der Waals surface area contributed by atoms with E-state index in [2.05, 4.69) is 0 Å². The Balaban J connectivity index is 0. The summed E-state index contributed by atoms with van der Waals surface area (Å²) in [5.41, 5.74) is 0. The van der Waals surface area contributed by atoms with E-state index in [4.69, 9.17) is 0 Å². The molecule has 7 heteroatoms. The van der Waals surface area contributed by atoms with Crippen LogP contribution in [0.4, 0.5) is 0 Å². The quantitative estimate of drug-likeness (QED) is 0.236. The van der Waals surface area contributed by atoms with Gasteiger partial charge in [-0.05, 0) is 0 Å². The Hall–Kier alpha value is 6.40. The van der Waals surface area contributed by atoms with E-state index in [9.17, 15) is 0 Å². The Labute approximate surface area is 189 Å². The smallest absolute Gasteiger partial charge is 0 e. The van der Waals surface area contributed by atoms with Crippen molar-refractivity contribution in [1.82, 2.24) is 0 Å². The van der Waals surface area contributed by atoms with Gasteiger partial charge in [-0.3, -0.25) is 0 Å². The van der Waals surface area contributed by atoms with Crippen molar-refractivity contribution in [1.29, 1.82) is 0 Å². The molecule has 0 unspecified atom stereocenters. The maximum atomic E-state index is 0. The molecule has 2 radical (unpaired) electrons. The molecule has 34 valence electrons. The summed E-state index contributed by atoms with van der Waals surface area (Å²) in [5, 5.41) is 0. The molecule has 0 rings (SSSR count). The third-order valence-corrected chi connectivity index (χ3v) is 0.